The molecular formula is C8H12N2OS. The van der Waals surface area contributed by atoms with Crippen molar-refractivity contribution in [2.24, 2.45) is 4.99 Å². The number of aliphatic imine (C=N–C) groups is 1. The fourth-order valence-electron chi connectivity index (χ4n) is 1.49. The van der Waals surface area contributed by atoms with Gasteiger partial charge < -0.3 is 0 Å². The molecule has 0 unspecified atom stereocenters. The molecule has 0 atom stereocenters. The van der Waals surface area contributed by atoms with Crippen LogP contribution in [0.5, 0.6) is 0 Å². The Bertz CT molecular complexity index is 260. The summed E-state index contributed by atoms with van der Waals surface area (Å²) in [5, 5.41) is 0.927. The summed E-state index contributed by atoms with van der Waals surface area (Å²) in [6.45, 7) is 5.75. The maximum atomic E-state index is 11.5. The average Bonchev–Trinajstić information content (AvgIpc) is 2.31. The Hall–Kier alpha value is -0.510. The summed E-state index contributed by atoms with van der Waals surface area (Å²) < 4.78 is 0.0384. The predicted molar refractivity (Wildman–Crippen MR) is 50.3 cm³/mol. The van der Waals surface area contributed by atoms with Gasteiger partial charge in [-0.1, -0.05) is 11.8 Å². The number of carbonyl (C=O) groups excluding carboxylic acids is 1. The Morgan fingerprint density at radius 3 is 3.08 bits per heavy atom. The van der Waals surface area contributed by atoms with Gasteiger partial charge >= 0.3 is 0 Å². The normalized spacial score (nSPS) is 27.0. The first-order valence-electron chi connectivity index (χ1n) is 4.12. The van der Waals surface area contributed by atoms with Gasteiger partial charge in [-0.2, -0.15) is 0 Å². The van der Waals surface area contributed by atoms with Crippen LogP contribution in [0.4, 0.5) is 0 Å². The van der Waals surface area contributed by atoms with E-state index in [4.69, 9.17) is 0 Å². The molecule has 2 aliphatic heterocycles. The number of amides is 1. The molecule has 3 nitrogen and oxygen atoms in total. The lowest BCUT2D eigenvalue weighted by Gasteiger charge is -2.33. The minimum Gasteiger partial charge on any atom is -0.290 e. The lowest BCUT2D eigenvalue weighted by Crippen LogP contribution is -2.43. The average molecular weight is 184 g/mol. The van der Waals surface area contributed by atoms with E-state index in [1.54, 1.807) is 16.7 Å². The molecule has 0 N–H and O–H groups in total. The molecule has 66 valence electrons. The van der Waals surface area contributed by atoms with Crippen molar-refractivity contribution in [1.29, 1.82) is 0 Å². The topological polar surface area (TPSA) is 32.7 Å². The second-order valence-electron chi connectivity index (χ2n) is 3.75. The van der Waals surface area contributed by atoms with Crippen LogP contribution in [0.25, 0.3) is 0 Å². The number of fused-ring (bicyclic) bond motifs is 1. The Morgan fingerprint density at radius 2 is 2.33 bits per heavy atom. The number of rotatable bonds is 0. The van der Waals surface area contributed by atoms with Crippen molar-refractivity contribution in [2.75, 3.05) is 13.1 Å². The van der Waals surface area contributed by atoms with Crippen LogP contribution in [0, 0.1) is 0 Å². The standard InChI is InChI=1S/C8H12N2OS/c1-8(2)5-6(11)10-4-3-9-7(10)12-8/h3-5H2,1-2H3. The third-order valence-electron chi connectivity index (χ3n) is 2.05. The smallest absolute Gasteiger partial charge is 0.229 e. The summed E-state index contributed by atoms with van der Waals surface area (Å²) in [6, 6.07) is 0. The highest BCUT2D eigenvalue weighted by molar-refractivity contribution is 8.15. The van der Waals surface area contributed by atoms with Gasteiger partial charge in [0, 0.05) is 17.7 Å². The molecule has 1 saturated heterocycles. The molecule has 0 aliphatic carbocycles. The Morgan fingerprint density at radius 1 is 1.58 bits per heavy atom. The molecule has 12 heavy (non-hydrogen) atoms. The summed E-state index contributed by atoms with van der Waals surface area (Å²) in [6.07, 6.45) is 0.636. The monoisotopic (exact) mass is 184 g/mol. The molecule has 0 aromatic heterocycles. The highest BCUT2D eigenvalue weighted by Crippen LogP contribution is 2.37. The van der Waals surface area contributed by atoms with Crippen molar-refractivity contribution in [3.05, 3.63) is 0 Å². The zero-order valence-electron chi connectivity index (χ0n) is 7.33. The Kier molecular flexibility index (Phi) is 1.68. The summed E-state index contributed by atoms with van der Waals surface area (Å²) >= 11 is 1.72. The van der Waals surface area contributed by atoms with E-state index in [0.29, 0.717) is 6.42 Å². The van der Waals surface area contributed by atoms with Gasteiger partial charge in [0.1, 0.15) is 0 Å². The van der Waals surface area contributed by atoms with E-state index in [-0.39, 0.29) is 10.7 Å². The number of carbonyl (C=O) groups is 1. The SMILES string of the molecule is CC1(C)CC(=O)N2CCN=C2S1. The molecule has 1 amide bonds. The number of hydrogen-bond donors (Lipinski definition) is 0. The van der Waals surface area contributed by atoms with Crippen molar-refractivity contribution < 1.29 is 4.79 Å². The van der Waals surface area contributed by atoms with E-state index in [9.17, 15) is 4.79 Å². The summed E-state index contributed by atoms with van der Waals surface area (Å²) in [5.74, 6) is 0.231. The second kappa shape index (κ2) is 2.49. The molecule has 0 radical (unpaired) electrons. The van der Waals surface area contributed by atoms with Crippen molar-refractivity contribution in [3.8, 4) is 0 Å². The zero-order chi connectivity index (χ0) is 8.77. The number of thioether (sulfide) groups is 1. The maximum Gasteiger partial charge on any atom is 0.229 e. The zero-order valence-corrected chi connectivity index (χ0v) is 8.15. The molecule has 0 aromatic carbocycles. The Balaban J connectivity index is 2.25. The maximum absolute atomic E-state index is 11.5. The van der Waals surface area contributed by atoms with Gasteiger partial charge in [-0.05, 0) is 13.8 Å². The van der Waals surface area contributed by atoms with E-state index in [1.807, 2.05) is 0 Å². The summed E-state index contributed by atoms with van der Waals surface area (Å²) in [7, 11) is 0. The molecule has 0 saturated carbocycles. The van der Waals surface area contributed by atoms with Gasteiger partial charge in [0.2, 0.25) is 5.91 Å². The van der Waals surface area contributed by atoms with Gasteiger partial charge in [0.15, 0.2) is 5.17 Å². The van der Waals surface area contributed by atoms with Crippen LogP contribution in [-0.4, -0.2) is 33.8 Å². The van der Waals surface area contributed by atoms with Gasteiger partial charge in [0.05, 0.1) is 6.54 Å². The van der Waals surface area contributed by atoms with Gasteiger partial charge in [-0.25, -0.2) is 0 Å². The fraction of sp³-hybridized carbons (Fsp3) is 0.750. The van der Waals surface area contributed by atoms with Gasteiger partial charge in [0.25, 0.3) is 0 Å². The number of nitrogens with zero attached hydrogens (tertiary/aromatic N) is 2. The molecule has 1 fully saturated rings. The molecule has 2 rings (SSSR count). The van der Waals surface area contributed by atoms with E-state index < -0.39 is 0 Å². The number of amidine groups is 1. The highest BCUT2D eigenvalue weighted by Gasteiger charge is 2.38. The predicted octanol–water partition coefficient (Wildman–Crippen LogP) is 1.10. The minimum absolute atomic E-state index is 0.0384. The lowest BCUT2D eigenvalue weighted by molar-refractivity contribution is -0.127. The molecule has 0 spiro atoms. The Labute approximate surface area is 76.2 Å². The van der Waals surface area contributed by atoms with Gasteiger partial charge in [-0.3, -0.25) is 14.7 Å². The number of hydrogen-bond acceptors (Lipinski definition) is 3. The van der Waals surface area contributed by atoms with Gasteiger partial charge in [-0.15, -0.1) is 0 Å². The van der Waals surface area contributed by atoms with Crippen molar-refractivity contribution >= 4 is 22.8 Å². The largest absolute Gasteiger partial charge is 0.290 e. The van der Waals surface area contributed by atoms with Crippen molar-refractivity contribution in [2.45, 2.75) is 25.0 Å². The molecule has 2 heterocycles. The van der Waals surface area contributed by atoms with Crippen LogP contribution in [0.2, 0.25) is 0 Å². The van der Waals surface area contributed by atoms with Crippen LogP contribution >= 0.6 is 11.8 Å². The first kappa shape index (κ1) is 8.10. The fourth-order valence-corrected chi connectivity index (χ4v) is 2.64. The first-order valence-corrected chi connectivity index (χ1v) is 4.94. The molecule has 0 bridgehead atoms. The highest BCUT2D eigenvalue weighted by atomic mass is 32.2. The van der Waals surface area contributed by atoms with Crippen LogP contribution in [0.15, 0.2) is 4.99 Å². The second-order valence-corrected chi connectivity index (χ2v) is 5.42. The third-order valence-corrected chi connectivity index (χ3v) is 3.28. The summed E-state index contributed by atoms with van der Waals surface area (Å²) in [5.41, 5.74) is 0. The molecule has 2 aliphatic rings. The molecule has 0 aromatic rings. The van der Waals surface area contributed by atoms with Crippen molar-refractivity contribution in [3.63, 3.8) is 0 Å². The lowest BCUT2D eigenvalue weighted by atomic mass is 10.1. The van der Waals surface area contributed by atoms with E-state index >= 15 is 0 Å². The minimum atomic E-state index is 0.0384. The quantitative estimate of drug-likeness (QED) is 0.564. The van der Waals surface area contributed by atoms with Crippen LogP contribution in [0.3, 0.4) is 0 Å². The first-order chi connectivity index (χ1) is 5.58. The molecule has 4 heteroatoms. The molecular weight excluding hydrogens is 172 g/mol. The van der Waals surface area contributed by atoms with Crippen molar-refractivity contribution in [1.82, 2.24) is 4.90 Å². The third kappa shape index (κ3) is 1.24. The van der Waals surface area contributed by atoms with E-state index in [0.717, 1.165) is 18.3 Å². The van der Waals surface area contributed by atoms with Crippen LogP contribution in [0.1, 0.15) is 20.3 Å². The van der Waals surface area contributed by atoms with Crippen LogP contribution in [-0.2, 0) is 4.79 Å². The summed E-state index contributed by atoms with van der Waals surface area (Å²) in [4.78, 5) is 17.6. The van der Waals surface area contributed by atoms with Crippen LogP contribution < -0.4 is 0 Å². The van der Waals surface area contributed by atoms with E-state index in [1.165, 1.54) is 0 Å². The van der Waals surface area contributed by atoms with E-state index in [2.05, 4.69) is 18.8 Å².